The number of amides is 3. The Morgan fingerprint density at radius 3 is 2.22 bits per heavy atom. The minimum absolute atomic E-state index is 0.0263. The van der Waals surface area contributed by atoms with Gasteiger partial charge in [-0.15, -0.1) is 0 Å². The summed E-state index contributed by atoms with van der Waals surface area (Å²) in [5.74, 6) is -0.0943. The molecule has 1 atom stereocenters. The number of carbonyl (C=O) groups excluding carboxylic acids is 2. The molecular formula is C19H20N2O2. The molecule has 23 heavy (non-hydrogen) atoms. The second-order valence-electron chi connectivity index (χ2n) is 5.78. The highest BCUT2D eigenvalue weighted by Gasteiger charge is 2.40. The maximum absolute atomic E-state index is 12.2. The number of rotatable bonds is 5. The van der Waals surface area contributed by atoms with E-state index in [0.29, 0.717) is 13.0 Å². The van der Waals surface area contributed by atoms with Crippen molar-refractivity contribution >= 4 is 11.9 Å². The summed E-state index contributed by atoms with van der Waals surface area (Å²) in [4.78, 5) is 25.4. The van der Waals surface area contributed by atoms with Crippen LogP contribution in [0.15, 0.2) is 60.7 Å². The predicted octanol–water partition coefficient (Wildman–Crippen LogP) is 2.78. The van der Waals surface area contributed by atoms with Crippen LogP contribution in [0.1, 0.15) is 17.5 Å². The minimum Gasteiger partial charge on any atom is -0.337 e. The first-order chi connectivity index (χ1) is 11.2. The molecule has 2 aromatic carbocycles. The number of carbonyl (C=O) groups is 2. The van der Waals surface area contributed by atoms with Gasteiger partial charge in [0.15, 0.2) is 0 Å². The van der Waals surface area contributed by atoms with Crippen LogP contribution in [0.5, 0.6) is 0 Å². The monoisotopic (exact) mass is 308 g/mol. The Kier molecular flexibility index (Phi) is 4.71. The van der Waals surface area contributed by atoms with Crippen LogP contribution in [-0.2, 0) is 17.6 Å². The van der Waals surface area contributed by atoms with Gasteiger partial charge in [-0.05, 0) is 24.0 Å². The van der Waals surface area contributed by atoms with E-state index in [0.717, 1.165) is 18.4 Å². The number of β-lactam (4-membered cyclic amide) rings is 1. The number of urea groups is 1. The molecule has 3 amide bonds. The number of nitrogens with one attached hydrogen (secondary N) is 1. The number of hydrogen-bond donors (Lipinski definition) is 1. The van der Waals surface area contributed by atoms with Crippen LogP contribution in [0.25, 0.3) is 0 Å². The molecule has 0 spiro atoms. The lowest BCUT2D eigenvalue weighted by atomic mass is 9.95. The third-order valence-corrected chi connectivity index (χ3v) is 4.11. The molecule has 0 bridgehead atoms. The zero-order valence-electron chi connectivity index (χ0n) is 12.9. The Labute approximate surface area is 136 Å². The van der Waals surface area contributed by atoms with Gasteiger partial charge >= 0.3 is 6.03 Å². The summed E-state index contributed by atoms with van der Waals surface area (Å²) in [7, 11) is 0. The second kappa shape index (κ2) is 7.09. The first kappa shape index (κ1) is 15.3. The van der Waals surface area contributed by atoms with Crippen LogP contribution in [0.4, 0.5) is 4.79 Å². The Bertz CT molecular complexity index is 670. The fourth-order valence-electron chi connectivity index (χ4n) is 2.85. The lowest BCUT2D eigenvalue weighted by Crippen LogP contribution is -2.59. The Morgan fingerprint density at radius 2 is 1.61 bits per heavy atom. The fraction of sp³-hybridized carbons (Fsp3) is 0.263. The van der Waals surface area contributed by atoms with Gasteiger partial charge in [-0.2, -0.15) is 0 Å². The van der Waals surface area contributed by atoms with Gasteiger partial charge in [0.2, 0.25) is 5.91 Å². The van der Waals surface area contributed by atoms with Gasteiger partial charge in [-0.1, -0.05) is 60.7 Å². The van der Waals surface area contributed by atoms with Crippen LogP contribution < -0.4 is 5.32 Å². The number of benzene rings is 2. The summed E-state index contributed by atoms with van der Waals surface area (Å²) in [6.45, 7) is 0.532. The SMILES string of the molecule is O=C1C[C@@H](Cc2ccccc2)N1C(=O)NCCc1ccccc1. The Morgan fingerprint density at radius 1 is 1.00 bits per heavy atom. The molecule has 0 aromatic heterocycles. The van der Waals surface area contributed by atoms with Crippen molar-refractivity contribution in [2.45, 2.75) is 25.3 Å². The van der Waals surface area contributed by atoms with Crippen LogP contribution in [0, 0.1) is 0 Å². The smallest absolute Gasteiger partial charge is 0.324 e. The zero-order valence-corrected chi connectivity index (χ0v) is 12.9. The van der Waals surface area contributed by atoms with Gasteiger partial charge in [0, 0.05) is 13.0 Å². The Hall–Kier alpha value is -2.62. The van der Waals surface area contributed by atoms with Crippen LogP contribution in [0.2, 0.25) is 0 Å². The summed E-state index contributed by atoms with van der Waals surface area (Å²) in [5, 5.41) is 2.85. The molecule has 1 aliphatic rings. The Balaban J connectivity index is 1.50. The van der Waals surface area contributed by atoms with E-state index in [1.807, 2.05) is 60.7 Å². The molecular weight excluding hydrogens is 288 g/mol. The summed E-state index contributed by atoms with van der Waals surface area (Å²) in [6.07, 6.45) is 1.93. The van der Waals surface area contributed by atoms with Gasteiger partial charge in [-0.25, -0.2) is 4.79 Å². The van der Waals surface area contributed by atoms with E-state index in [1.54, 1.807) is 0 Å². The third-order valence-electron chi connectivity index (χ3n) is 4.11. The molecule has 118 valence electrons. The van der Waals surface area contributed by atoms with Crippen molar-refractivity contribution < 1.29 is 9.59 Å². The summed E-state index contributed by atoms with van der Waals surface area (Å²) in [5.41, 5.74) is 2.32. The van der Waals surface area contributed by atoms with E-state index >= 15 is 0 Å². The van der Waals surface area contributed by atoms with Crippen molar-refractivity contribution in [3.8, 4) is 0 Å². The summed E-state index contributed by atoms with van der Waals surface area (Å²) >= 11 is 0. The molecule has 0 radical (unpaired) electrons. The van der Waals surface area contributed by atoms with Crippen molar-refractivity contribution in [2.24, 2.45) is 0 Å². The van der Waals surface area contributed by atoms with Crippen LogP contribution >= 0.6 is 0 Å². The van der Waals surface area contributed by atoms with Gasteiger partial charge in [-0.3, -0.25) is 9.69 Å². The maximum atomic E-state index is 12.2. The first-order valence-electron chi connectivity index (χ1n) is 7.92. The maximum Gasteiger partial charge on any atom is 0.324 e. The molecule has 1 saturated heterocycles. The van der Waals surface area contributed by atoms with Gasteiger partial charge in [0.05, 0.1) is 6.04 Å². The number of imide groups is 1. The van der Waals surface area contributed by atoms with Crippen LogP contribution in [-0.4, -0.2) is 29.4 Å². The highest BCUT2D eigenvalue weighted by molar-refractivity contribution is 5.99. The first-order valence-corrected chi connectivity index (χ1v) is 7.92. The van der Waals surface area contributed by atoms with Crippen LogP contribution in [0.3, 0.4) is 0 Å². The number of nitrogens with zero attached hydrogens (tertiary/aromatic N) is 1. The van der Waals surface area contributed by atoms with Gasteiger partial charge in [0.25, 0.3) is 0 Å². The fourth-order valence-corrected chi connectivity index (χ4v) is 2.85. The van der Waals surface area contributed by atoms with E-state index in [-0.39, 0.29) is 18.0 Å². The molecule has 3 rings (SSSR count). The van der Waals surface area contributed by atoms with Crippen molar-refractivity contribution in [3.63, 3.8) is 0 Å². The van der Waals surface area contributed by atoms with Gasteiger partial charge < -0.3 is 5.32 Å². The summed E-state index contributed by atoms with van der Waals surface area (Å²) in [6, 6.07) is 19.6. The molecule has 1 heterocycles. The van der Waals surface area contributed by atoms with E-state index in [4.69, 9.17) is 0 Å². The van der Waals surface area contributed by atoms with E-state index in [2.05, 4.69) is 5.32 Å². The normalized spacial score (nSPS) is 16.8. The summed E-state index contributed by atoms with van der Waals surface area (Å²) < 4.78 is 0. The topological polar surface area (TPSA) is 49.4 Å². The predicted molar refractivity (Wildman–Crippen MR) is 88.9 cm³/mol. The van der Waals surface area contributed by atoms with Crippen molar-refractivity contribution in [1.82, 2.24) is 10.2 Å². The quantitative estimate of drug-likeness (QED) is 0.864. The number of hydrogen-bond acceptors (Lipinski definition) is 2. The molecule has 0 saturated carbocycles. The largest absolute Gasteiger partial charge is 0.337 e. The molecule has 0 aliphatic carbocycles. The van der Waals surface area contributed by atoms with Crippen molar-refractivity contribution in [1.29, 1.82) is 0 Å². The van der Waals surface area contributed by atoms with Crippen molar-refractivity contribution in [3.05, 3.63) is 71.8 Å². The zero-order chi connectivity index (χ0) is 16.1. The average Bonchev–Trinajstić information content (AvgIpc) is 2.56. The molecule has 4 nitrogen and oxygen atoms in total. The molecule has 1 fully saturated rings. The standard InChI is InChI=1S/C19H20N2O2/c22-18-14-17(13-16-9-5-2-6-10-16)21(18)19(23)20-12-11-15-7-3-1-4-8-15/h1-10,17H,11-14H2,(H,20,23)/t17-/m1/s1. The minimum atomic E-state index is -0.280. The highest BCUT2D eigenvalue weighted by atomic mass is 16.2. The van der Waals surface area contributed by atoms with Gasteiger partial charge in [0.1, 0.15) is 0 Å². The molecule has 4 heteroatoms. The lowest BCUT2D eigenvalue weighted by molar-refractivity contribution is -0.140. The number of likely N-dealkylation sites (tertiary alicyclic amines) is 1. The third kappa shape index (κ3) is 3.77. The molecule has 1 N–H and O–H groups in total. The molecule has 0 unspecified atom stereocenters. The second-order valence-corrected chi connectivity index (χ2v) is 5.78. The highest BCUT2D eigenvalue weighted by Crippen LogP contribution is 2.23. The molecule has 2 aromatic rings. The van der Waals surface area contributed by atoms with E-state index in [9.17, 15) is 9.59 Å². The average molecular weight is 308 g/mol. The lowest BCUT2D eigenvalue weighted by Gasteiger charge is -2.38. The van der Waals surface area contributed by atoms with Crippen molar-refractivity contribution in [2.75, 3.05) is 6.54 Å². The van der Waals surface area contributed by atoms with E-state index < -0.39 is 0 Å². The molecule has 1 aliphatic heterocycles. The van der Waals surface area contributed by atoms with E-state index in [1.165, 1.54) is 10.5 Å².